The molecule has 2 nitrogen and oxygen atoms in total. The van der Waals surface area contributed by atoms with Crippen molar-refractivity contribution in [3.8, 4) is 0 Å². The Morgan fingerprint density at radius 1 is 1.19 bits per heavy atom. The Morgan fingerprint density at radius 2 is 1.81 bits per heavy atom. The summed E-state index contributed by atoms with van der Waals surface area (Å²) in [6.45, 7) is 3.57. The van der Waals surface area contributed by atoms with Gasteiger partial charge in [0.15, 0.2) is 5.78 Å². The van der Waals surface area contributed by atoms with E-state index in [0.717, 1.165) is 16.9 Å². The second-order valence-electron chi connectivity index (χ2n) is 3.79. The van der Waals surface area contributed by atoms with Gasteiger partial charge in [-0.15, -0.1) is 0 Å². The first kappa shape index (κ1) is 13.0. The van der Waals surface area contributed by atoms with E-state index < -0.39 is 0 Å². The smallest absolute Gasteiger partial charge is 0.172 e. The van der Waals surface area contributed by atoms with Crippen LogP contribution in [0.2, 0.25) is 0 Å². The van der Waals surface area contributed by atoms with Crippen molar-refractivity contribution < 1.29 is 9.59 Å². The molecule has 0 unspecified atom stereocenters. The molecule has 0 N–H and O–H groups in total. The zero-order valence-corrected chi connectivity index (χ0v) is 10.5. The molecule has 1 rings (SSSR count). The number of rotatable bonds is 6. The molecule has 16 heavy (non-hydrogen) atoms. The van der Waals surface area contributed by atoms with Crippen LogP contribution in [0, 0.1) is 6.92 Å². The van der Waals surface area contributed by atoms with Gasteiger partial charge in [0.05, 0.1) is 5.75 Å². The van der Waals surface area contributed by atoms with Crippen molar-refractivity contribution in [2.45, 2.75) is 20.3 Å². The van der Waals surface area contributed by atoms with Crippen molar-refractivity contribution >= 4 is 23.3 Å². The quantitative estimate of drug-likeness (QED) is 0.562. The predicted molar refractivity (Wildman–Crippen MR) is 68.1 cm³/mol. The third kappa shape index (κ3) is 4.62. The summed E-state index contributed by atoms with van der Waals surface area (Å²) in [6.07, 6.45) is 0.547. The van der Waals surface area contributed by atoms with Crippen LogP contribution >= 0.6 is 11.8 Å². The molecule has 1 aromatic rings. The van der Waals surface area contributed by atoms with Gasteiger partial charge >= 0.3 is 0 Å². The Balaban J connectivity index is 2.35. The molecular formula is C13H16O2S. The van der Waals surface area contributed by atoms with Crippen LogP contribution in [0.4, 0.5) is 0 Å². The van der Waals surface area contributed by atoms with Crippen molar-refractivity contribution in [3.05, 3.63) is 35.4 Å². The minimum atomic E-state index is 0.133. The molecule has 0 fully saturated rings. The van der Waals surface area contributed by atoms with E-state index in [4.69, 9.17) is 0 Å². The molecule has 0 bridgehead atoms. The van der Waals surface area contributed by atoms with Crippen LogP contribution in [0.15, 0.2) is 24.3 Å². The van der Waals surface area contributed by atoms with E-state index in [2.05, 4.69) is 0 Å². The SMILES string of the molecule is CC(=O)CCSCC(=O)c1ccc(C)cc1. The van der Waals surface area contributed by atoms with Crippen LogP contribution in [0.5, 0.6) is 0 Å². The van der Waals surface area contributed by atoms with Gasteiger partial charge < -0.3 is 0 Å². The summed E-state index contributed by atoms with van der Waals surface area (Å²) in [5, 5.41) is 0. The number of carbonyl (C=O) groups is 2. The molecule has 0 heterocycles. The topological polar surface area (TPSA) is 34.1 Å². The highest BCUT2D eigenvalue weighted by Crippen LogP contribution is 2.09. The summed E-state index contributed by atoms with van der Waals surface area (Å²) in [4.78, 5) is 22.4. The highest BCUT2D eigenvalue weighted by atomic mass is 32.2. The molecule has 0 aliphatic heterocycles. The van der Waals surface area contributed by atoms with Crippen LogP contribution in [0.3, 0.4) is 0 Å². The van der Waals surface area contributed by atoms with E-state index >= 15 is 0 Å². The minimum absolute atomic E-state index is 0.133. The summed E-state index contributed by atoms with van der Waals surface area (Å²) in [5.41, 5.74) is 1.90. The van der Waals surface area contributed by atoms with Crippen LogP contribution in [0.25, 0.3) is 0 Å². The van der Waals surface area contributed by atoms with Gasteiger partial charge in [0.25, 0.3) is 0 Å². The van der Waals surface area contributed by atoms with E-state index in [1.54, 1.807) is 6.92 Å². The van der Waals surface area contributed by atoms with Crippen LogP contribution in [0.1, 0.15) is 29.3 Å². The molecular weight excluding hydrogens is 220 g/mol. The predicted octanol–water partition coefficient (Wildman–Crippen LogP) is 2.89. The molecule has 0 amide bonds. The molecule has 0 radical (unpaired) electrons. The zero-order chi connectivity index (χ0) is 12.0. The lowest BCUT2D eigenvalue weighted by molar-refractivity contribution is -0.116. The number of carbonyl (C=O) groups excluding carboxylic acids is 2. The van der Waals surface area contributed by atoms with Gasteiger partial charge in [-0.1, -0.05) is 29.8 Å². The monoisotopic (exact) mass is 236 g/mol. The molecule has 0 spiro atoms. The molecule has 0 aliphatic rings. The Hall–Kier alpha value is -1.09. The van der Waals surface area contributed by atoms with Gasteiger partial charge in [-0.3, -0.25) is 9.59 Å². The van der Waals surface area contributed by atoms with Gasteiger partial charge in [0.2, 0.25) is 0 Å². The fraction of sp³-hybridized carbons (Fsp3) is 0.385. The largest absolute Gasteiger partial charge is 0.300 e. The van der Waals surface area contributed by atoms with Crippen LogP contribution in [-0.2, 0) is 4.79 Å². The first-order valence-corrected chi connectivity index (χ1v) is 6.42. The molecule has 1 aromatic carbocycles. The van der Waals surface area contributed by atoms with E-state index in [1.807, 2.05) is 31.2 Å². The van der Waals surface area contributed by atoms with Crippen molar-refractivity contribution in [1.82, 2.24) is 0 Å². The molecule has 86 valence electrons. The van der Waals surface area contributed by atoms with Crippen molar-refractivity contribution in [2.24, 2.45) is 0 Å². The van der Waals surface area contributed by atoms with E-state index in [0.29, 0.717) is 12.2 Å². The van der Waals surface area contributed by atoms with Crippen molar-refractivity contribution in [1.29, 1.82) is 0 Å². The van der Waals surface area contributed by atoms with Crippen LogP contribution < -0.4 is 0 Å². The average Bonchev–Trinajstić information content (AvgIpc) is 2.25. The number of hydrogen-bond acceptors (Lipinski definition) is 3. The number of benzene rings is 1. The Kier molecular flexibility index (Phi) is 5.26. The summed E-state index contributed by atoms with van der Waals surface area (Å²) >= 11 is 1.52. The maximum Gasteiger partial charge on any atom is 0.172 e. The lowest BCUT2D eigenvalue weighted by Crippen LogP contribution is -2.03. The minimum Gasteiger partial charge on any atom is -0.300 e. The zero-order valence-electron chi connectivity index (χ0n) is 9.66. The van der Waals surface area contributed by atoms with E-state index in [-0.39, 0.29) is 11.6 Å². The highest BCUT2D eigenvalue weighted by Gasteiger charge is 2.05. The highest BCUT2D eigenvalue weighted by molar-refractivity contribution is 8.00. The molecule has 3 heteroatoms. The summed E-state index contributed by atoms with van der Waals surface area (Å²) < 4.78 is 0. The number of thioether (sulfide) groups is 1. The lowest BCUT2D eigenvalue weighted by atomic mass is 10.1. The van der Waals surface area contributed by atoms with Gasteiger partial charge in [-0.2, -0.15) is 11.8 Å². The maximum absolute atomic E-state index is 11.7. The summed E-state index contributed by atoms with van der Waals surface area (Å²) in [7, 11) is 0. The number of hydrogen-bond donors (Lipinski definition) is 0. The van der Waals surface area contributed by atoms with Gasteiger partial charge in [-0.25, -0.2) is 0 Å². The maximum atomic E-state index is 11.7. The second-order valence-corrected chi connectivity index (χ2v) is 4.90. The van der Waals surface area contributed by atoms with Crippen molar-refractivity contribution in [2.75, 3.05) is 11.5 Å². The summed E-state index contributed by atoms with van der Waals surface area (Å²) in [5.74, 6) is 1.49. The molecule has 0 saturated carbocycles. The average molecular weight is 236 g/mol. The first-order valence-electron chi connectivity index (χ1n) is 5.26. The van der Waals surface area contributed by atoms with Crippen molar-refractivity contribution in [3.63, 3.8) is 0 Å². The summed E-state index contributed by atoms with van der Waals surface area (Å²) in [6, 6.07) is 7.58. The lowest BCUT2D eigenvalue weighted by Gasteiger charge is -2.01. The van der Waals surface area contributed by atoms with E-state index in [9.17, 15) is 9.59 Å². The number of ketones is 2. The second kappa shape index (κ2) is 6.48. The molecule has 0 atom stereocenters. The number of Topliss-reactive ketones (excluding diaryl/α,β-unsaturated/α-hetero) is 2. The molecule has 0 saturated heterocycles. The standard InChI is InChI=1S/C13H16O2S/c1-10-3-5-12(6-4-10)13(15)9-16-8-7-11(2)14/h3-6H,7-9H2,1-2H3. The first-order chi connectivity index (χ1) is 7.59. The molecule has 0 aromatic heterocycles. The van der Waals surface area contributed by atoms with Crippen LogP contribution in [-0.4, -0.2) is 23.1 Å². The fourth-order valence-electron chi connectivity index (χ4n) is 1.20. The third-order valence-electron chi connectivity index (χ3n) is 2.21. The Morgan fingerprint density at radius 3 is 2.38 bits per heavy atom. The normalized spacial score (nSPS) is 10.1. The Labute approximate surface area is 100 Å². The number of aryl methyl sites for hydroxylation is 1. The fourth-order valence-corrected chi connectivity index (χ4v) is 2.13. The van der Waals surface area contributed by atoms with Gasteiger partial charge in [0.1, 0.15) is 5.78 Å². The van der Waals surface area contributed by atoms with E-state index in [1.165, 1.54) is 11.8 Å². The third-order valence-corrected chi connectivity index (χ3v) is 3.16. The Bertz CT molecular complexity index is 368. The van der Waals surface area contributed by atoms with Gasteiger partial charge in [-0.05, 0) is 13.8 Å². The molecule has 0 aliphatic carbocycles. The van der Waals surface area contributed by atoms with Gasteiger partial charge in [0, 0.05) is 17.7 Å².